The van der Waals surface area contributed by atoms with E-state index in [4.69, 9.17) is 4.42 Å². The molecule has 0 aromatic carbocycles. The molecule has 1 aliphatic rings. The Hall–Kier alpha value is -2.77. The third-order valence-electron chi connectivity index (χ3n) is 2.84. The van der Waals surface area contributed by atoms with Gasteiger partial charge in [0.1, 0.15) is 11.4 Å². The number of carbonyl (C=O) groups is 1. The predicted octanol–water partition coefficient (Wildman–Crippen LogP) is 2.54. The number of hydrogen-bond acceptors (Lipinski definition) is 3. The summed E-state index contributed by atoms with van der Waals surface area (Å²) in [6, 6.07) is 5.36. The fourth-order valence-corrected chi connectivity index (χ4v) is 1.89. The smallest absolute Gasteiger partial charge is 0.431 e. The first-order chi connectivity index (χ1) is 9.95. The summed E-state index contributed by atoms with van der Waals surface area (Å²) in [7, 11) is 0. The average Bonchev–Trinajstić information content (AvgIpc) is 3.11. The standard InChI is InChI=1S/C13H8F3N3O2/c14-13(15,16)10-4-3-7(17-10)6-8-11(18-19-12(8)20)9-2-1-5-21-9/h1-6,17H,(H,19,20)/b8-6-. The zero-order chi connectivity index (χ0) is 15.0. The Morgan fingerprint density at radius 3 is 2.67 bits per heavy atom. The lowest BCUT2D eigenvalue weighted by atomic mass is 10.1. The monoisotopic (exact) mass is 295 g/mol. The number of hydrogen-bond donors (Lipinski definition) is 2. The molecule has 0 unspecified atom stereocenters. The van der Waals surface area contributed by atoms with Crippen LogP contribution in [-0.4, -0.2) is 16.6 Å². The second-order valence-corrected chi connectivity index (χ2v) is 4.26. The van der Waals surface area contributed by atoms with Gasteiger partial charge in [-0.25, -0.2) is 5.43 Å². The third-order valence-corrected chi connectivity index (χ3v) is 2.84. The van der Waals surface area contributed by atoms with E-state index < -0.39 is 17.8 Å². The first kappa shape index (κ1) is 13.2. The molecule has 2 aromatic rings. The lowest BCUT2D eigenvalue weighted by Crippen LogP contribution is -2.13. The van der Waals surface area contributed by atoms with Crippen LogP contribution >= 0.6 is 0 Å². The normalized spacial score (nSPS) is 17.2. The number of furan rings is 1. The Morgan fingerprint density at radius 2 is 2.05 bits per heavy atom. The summed E-state index contributed by atoms with van der Waals surface area (Å²) in [5.74, 6) is -0.160. The van der Waals surface area contributed by atoms with Crippen LogP contribution < -0.4 is 5.43 Å². The maximum absolute atomic E-state index is 12.5. The topological polar surface area (TPSA) is 70.4 Å². The minimum atomic E-state index is -4.47. The number of rotatable bonds is 2. The second kappa shape index (κ2) is 4.65. The molecule has 0 aliphatic carbocycles. The van der Waals surface area contributed by atoms with Crippen LogP contribution in [0.3, 0.4) is 0 Å². The average molecular weight is 295 g/mol. The van der Waals surface area contributed by atoms with E-state index in [1.807, 2.05) is 0 Å². The third kappa shape index (κ3) is 2.47. The molecule has 1 amide bonds. The summed E-state index contributed by atoms with van der Waals surface area (Å²) in [6.07, 6.45) is -1.76. The van der Waals surface area contributed by atoms with E-state index in [9.17, 15) is 18.0 Å². The molecule has 0 atom stereocenters. The lowest BCUT2D eigenvalue weighted by molar-refractivity contribution is -0.140. The van der Waals surface area contributed by atoms with Crippen LogP contribution in [0.5, 0.6) is 0 Å². The van der Waals surface area contributed by atoms with Crippen molar-refractivity contribution in [2.24, 2.45) is 5.10 Å². The molecule has 3 heterocycles. The molecule has 2 N–H and O–H groups in total. The van der Waals surface area contributed by atoms with Gasteiger partial charge >= 0.3 is 6.18 Å². The highest BCUT2D eigenvalue weighted by Gasteiger charge is 2.32. The summed E-state index contributed by atoms with van der Waals surface area (Å²) in [4.78, 5) is 13.9. The Bertz CT molecular complexity index is 739. The van der Waals surface area contributed by atoms with Crippen LogP contribution in [-0.2, 0) is 11.0 Å². The minimum absolute atomic E-state index is 0.125. The summed E-state index contributed by atoms with van der Waals surface area (Å²) in [6.45, 7) is 0. The number of nitrogens with one attached hydrogen (secondary N) is 2. The zero-order valence-corrected chi connectivity index (χ0v) is 10.4. The summed E-state index contributed by atoms with van der Waals surface area (Å²) in [5.41, 5.74) is 1.88. The van der Waals surface area contributed by atoms with Crippen molar-refractivity contribution in [2.45, 2.75) is 6.18 Å². The van der Waals surface area contributed by atoms with Crippen LogP contribution in [0.2, 0.25) is 0 Å². The van der Waals surface area contributed by atoms with E-state index in [2.05, 4.69) is 15.5 Å². The number of aromatic amines is 1. The molecule has 0 fully saturated rings. The SMILES string of the molecule is O=C1NN=C(c2ccco2)/C1=C/c1ccc(C(F)(F)F)[nH]1. The van der Waals surface area contributed by atoms with Gasteiger partial charge in [-0.05, 0) is 30.3 Å². The number of alkyl halides is 3. The Balaban J connectivity index is 1.96. The summed E-state index contributed by atoms with van der Waals surface area (Å²) in [5, 5.41) is 3.81. The largest absolute Gasteiger partial charge is 0.463 e. The van der Waals surface area contributed by atoms with Gasteiger partial charge in [-0.2, -0.15) is 18.3 Å². The highest BCUT2D eigenvalue weighted by molar-refractivity contribution is 6.32. The zero-order valence-electron chi connectivity index (χ0n) is 10.4. The highest BCUT2D eigenvalue weighted by atomic mass is 19.4. The van der Waals surface area contributed by atoms with Gasteiger partial charge in [0.15, 0.2) is 5.76 Å². The number of amides is 1. The number of carbonyl (C=O) groups excluding carboxylic acids is 1. The van der Waals surface area contributed by atoms with Crippen molar-refractivity contribution in [1.29, 1.82) is 0 Å². The van der Waals surface area contributed by atoms with Crippen molar-refractivity contribution in [3.8, 4) is 0 Å². The Kier molecular flexibility index (Phi) is 2.93. The van der Waals surface area contributed by atoms with E-state index >= 15 is 0 Å². The molecule has 5 nitrogen and oxygen atoms in total. The van der Waals surface area contributed by atoms with Crippen molar-refractivity contribution in [2.75, 3.05) is 0 Å². The maximum atomic E-state index is 12.5. The van der Waals surface area contributed by atoms with Crippen molar-refractivity contribution in [3.05, 3.63) is 53.2 Å². The van der Waals surface area contributed by atoms with Gasteiger partial charge in [0.25, 0.3) is 5.91 Å². The van der Waals surface area contributed by atoms with Gasteiger partial charge in [0.05, 0.1) is 11.8 Å². The van der Waals surface area contributed by atoms with Gasteiger partial charge in [-0.1, -0.05) is 0 Å². The van der Waals surface area contributed by atoms with E-state index in [1.54, 1.807) is 12.1 Å². The van der Waals surface area contributed by atoms with Crippen molar-refractivity contribution in [1.82, 2.24) is 10.4 Å². The first-order valence-electron chi connectivity index (χ1n) is 5.85. The van der Waals surface area contributed by atoms with E-state index in [-0.39, 0.29) is 17.0 Å². The molecule has 0 saturated heterocycles. The number of hydrazone groups is 1. The van der Waals surface area contributed by atoms with Crippen molar-refractivity contribution in [3.63, 3.8) is 0 Å². The quantitative estimate of drug-likeness (QED) is 0.836. The van der Waals surface area contributed by atoms with Gasteiger partial charge < -0.3 is 9.40 Å². The molecule has 108 valence electrons. The molecule has 2 aromatic heterocycles. The van der Waals surface area contributed by atoms with Crippen molar-refractivity contribution >= 4 is 17.7 Å². The van der Waals surface area contributed by atoms with Crippen LogP contribution in [0.4, 0.5) is 13.2 Å². The van der Waals surface area contributed by atoms with Gasteiger partial charge in [0.2, 0.25) is 0 Å². The highest BCUT2D eigenvalue weighted by Crippen LogP contribution is 2.29. The second-order valence-electron chi connectivity index (χ2n) is 4.26. The van der Waals surface area contributed by atoms with E-state index in [0.717, 1.165) is 6.07 Å². The molecule has 0 radical (unpaired) electrons. The van der Waals surface area contributed by atoms with E-state index in [1.165, 1.54) is 18.4 Å². The van der Waals surface area contributed by atoms with Crippen LogP contribution in [0.25, 0.3) is 6.08 Å². The fraction of sp³-hybridized carbons (Fsp3) is 0.0769. The number of aromatic nitrogens is 1. The van der Waals surface area contributed by atoms with E-state index in [0.29, 0.717) is 5.76 Å². The Morgan fingerprint density at radius 1 is 1.24 bits per heavy atom. The molecule has 1 aliphatic heterocycles. The van der Waals surface area contributed by atoms with Gasteiger partial charge in [0, 0.05) is 5.69 Å². The number of nitrogens with zero attached hydrogens (tertiary/aromatic N) is 1. The number of H-pyrrole nitrogens is 1. The molecule has 3 rings (SSSR count). The number of halogens is 3. The predicted molar refractivity (Wildman–Crippen MR) is 67.2 cm³/mol. The summed E-state index contributed by atoms with van der Waals surface area (Å²) < 4.78 is 42.7. The first-order valence-corrected chi connectivity index (χ1v) is 5.85. The Labute approximate surface area is 116 Å². The van der Waals surface area contributed by atoms with Crippen molar-refractivity contribution < 1.29 is 22.4 Å². The molecule has 0 spiro atoms. The van der Waals surface area contributed by atoms with Crippen LogP contribution in [0, 0.1) is 0 Å². The molecular weight excluding hydrogens is 287 g/mol. The molecular formula is C13H8F3N3O2. The molecule has 21 heavy (non-hydrogen) atoms. The summed E-state index contributed by atoms with van der Waals surface area (Å²) >= 11 is 0. The minimum Gasteiger partial charge on any atom is -0.463 e. The van der Waals surface area contributed by atoms with Gasteiger partial charge in [-0.3, -0.25) is 4.79 Å². The van der Waals surface area contributed by atoms with Crippen LogP contribution in [0.15, 0.2) is 45.6 Å². The molecule has 0 bridgehead atoms. The van der Waals surface area contributed by atoms with Gasteiger partial charge in [-0.15, -0.1) is 0 Å². The molecule has 8 heteroatoms. The maximum Gasteiger partial charge on any atom is 0.431 e. The fourth-order valence-electron chi connectivity index (χ4n) is 1.89. The lowest BCUT2D eigenvalue weighted by Gasteiger charge is -2.02. The molecule has 0 saturated carbocycles. The van der Waals surface area contributed by atoms with Crippen LogP contribution in [0.1, 0.15) is 17.1 Å².